The van der Waals surface area contributed by atoms with Gasteiger partial charge in [-0.2, -0.15) is 0 Å². The number of carbonyl (C=O) groups is 2. The zero-order valence-electron chi connectivity index (χ0n) is 22.8. The Morgan fingerprint density at radius 1 is 0.700 bits per heavy atom. The zero-order valence-corrected chi connectivity index (χ0v) is 23.6. The zero-order chi connectivity index (χ0) is 27.7. The van der Waals surface area contributed by atoms with E-state index in [1.165, 1.54) is 17.3 Å². The summed E-state index contributed by atoms with van der Waals surface area (Å²) < 4.78 is 5.98. The summed E-state index contributed by atoms with van der Waals surface area (Å²) in [6.45, 7) is 6.57. The van der Waals surface area contributed by atoms with E-state index in [-0.39, 0.29) is 23.0 Å². The molecule has 0 saturated carbocycles. The van der Waals surface area contributed by atoms with Crippen LogP contribution >= 0.6 is 11.8 Å². The molecular weight excluding hydrogens is 516 g/mol. The van der Waals surface area contributed by atoms with Crippen LogP contribution in [0.15, 0.2) is 103 Å². The average molecular weight is 547 g/mol. The summed E-state index contributed by atoms with van der Waals surface area (Å²) in [5.41, 5.74) is 4.14. The van der Waals surface area contributed by atoms with Gasteiger partial charge in [-0.1, -0.05) is 73.7 Å². The molecule has 1 spiro atoms. The summed E-state index contributed by atoms with van der Waals surface area (Å²) in [6, 6.07) is 33.8. The summed E-state index contributed by atoms with van der Waals surface area (Å²) in [4.78, 5) is 30.8. The molecule has 0 aromatic heterocycles. The molecule has 0 aliphatic carbocycles. The number of fused-ring (bicyclic) bond motifs is 1. The van der Waals surface area contributed by atoms with Crippen LogP contribution < -0.4 is 14.5 Å². The first kappa shape index (κ1) is 25.0. The van der Waals surface area contributed by atoms with Gasteiger partial charge in [-0.25, -0.2) is 0 Å². The van der Waals surface area contributed by atoms with Crippen LogP contribution in [0.3, 0.4) is 0 Å². The molecule has 40 heavy (non-hydrogen) atoms. The molecule has 3 heterocycles. The Morgan fingerprint density at radius 3 is 2.02 bits per heavy atom. The number of para-hydroxylation sites is 2. The lowest BCUT2D eigenvalue weighted by Crippen LogP contribution is -2.58. The molecule has 3 aliphatic heterocycles. The van der Waals surface area contributed by atoms with Gasteiger partial charge in [0.1, 0.15) is 11.5 Å². The van der Waals surface area contributed by atoms with Crippen LogP contribution in [0.2, 0.25) is 0 Å². The van der Waals surface area contributed by atoms with Gasteiger partial charge < -0.3 is 9.64 Å². The molecule has 6 heteroatoms. The van der Waals surface area contributed by atoms with Crippen molar-refractivity contribution in [3.63, 3.8) is 0 Å². The Hall–Kier alpha value is -4.03. The molecule has 3 aliphatic rings. The van der Waals surface area contributed by atoms with E-state index in [0.29, 0.717) is 11.4 Å². The van der Waals surface area contributed by atoms with Crippen LogP contribution in [0, 0.1) is 0 Å². The van der Waals surface area contributed by atoms with Crippen molar-refractivity contribution in [2.45, 2.75) is 43.0 Å². The topological polar surface area (TPSA) is 49.9 Å². The molecule has 1 fully saturated rings. The summed E-state index contributed by atoms with van der Waals surface area (Å²) >= 11 is 1.43. The molecule has 1 saturated heterocycles. The number of hydrogen-bond acceptors (Lipinski definition) is 4. The predicted molar refractivity (Wildman–Crippen MR) is 160 cm³/mol. The number of nitrogens with zero attached hydrogens (tertiary/aromatic N) is 2. The molecule has 7 rings (SSSR count). The van der Waals surface area contributed by atoms with E-state index in [9.17, 15) is 9.59 Å². The highest BCUT2D eigenvalue weighted by atomic mass is 32.2. The summed E-state index contributed by atoms with van der Waals surface area (Å²) in [5, 5.41) is 0. The molecule has 0 N–H and O–H groups in total. The number of ether oxygens (including phenoxy) is 1. The highest BCUT2D eigenvalue weighted by molar-refractivity contribution is 8.02. The van der Waals surface area contributed by atoms with E-state index in [2.05, 4.69) is 51.1 Å². The molecule has 0 bridgehead atoms. The first-order valence-electron chi connectivity index (χ1n) is 13.6. The van der Waals surface area contributed by atoms with Crippen LogP contribution in [0.25, 0.3) is 0 Å². The van der Waals surface area contributed by atoms with Gasteiger partial charge >= 0.3 is 0 Å². The molecule has 200 valence electrons. The van der Waals surface area contributed by atoms with Crippen LogP contribution in [0.1, 0.15) is 43.9 Å². The average Bonchev–Trinajstić information content (AvgIpc) is 3.44. The number of anilines is 2. The van der Waals surface area contributed by atoms with Crippen molar-refractivity contribution in [1.29, 1.82) is 0 Å². The smallest absolute Gasteiger partial charge is 0.269 e. The van der Waals surface area contributed by atoms with Crippen molar-refractivity contribution < 1.29 is 14.3 Å². The second-order valence-electron chi connectivity index (χ2n) is 11.6. The molecule has 0 unspecified atom stereocenters. The lowest BCUT2D eigenvalue weighted by molar-refractivity contribution is -0.124. The van der Waals surface area contributed by atoms with Gasteiger partial charge in [-0.15, -0.1) is 11.8 Å². The Labute approximate surface area is 238 Å². The fourth-order valence-corrected chi connectivity index (χ4v) is 8.32. The molecular formula is C34H30N2O3S. The SMILES string of the molecule is CC1(C)C[C@@](C)(c2ccccc2)c2cccc3c2N1C(=O)[C@]31SCC(=O)N1c1ccc(Oc2ccccc2)cc1. The van der Waals surface area contributed by atoms with Gasteiger partial charge in [-0.05, 0) is 67.8 Å². The third kappa shape index (κ3) is 3.42. The first-order chi connectivity index (χ1) is 19.3. The molecule has 2 amide bonds. The maximum atomic E-state index is 14.7. The highest BCUT2D eigenvalue weighted by Crippen LogP contribution is 2.62. The van der Waals surface area contributed by atoms with E-state index >= 15 is 0 Å². The third-order valence-corrected chi connectivity index (χ3v) is 9.94. The second-order valence-corrected chi connectivity index (χ2v) is 12.8. The van der Waals surface area contributed by atoms with E-state index in [1.807, 2.05) is 77.7 Å². The molecule has 0 radical (unpaired) electrons. The minimum atomic E-state index is -1.15. The standard InChI is InChI=1S/C34H30N2O3S/c1-32(2)22-33(3,23-11-6-4-7-12-23)27-15-10-16-28-30(27)36(32)31(38)34(28)35(29(37)21-40-34)24-17-19-26(20-18-24)39-25-13-8-5-9-14-25/h4-20H,21-22H2,1-3H3/t33-,34+/m0/s1. The number of amides is 2. The van der Waals surface area contributed by atoms with Crippen molar-refractivity contribution in [3.05, 3.63) is 120 Å². The Balaban J connectivity index is 1.36. The van der Waals surface area contributed by atoms with Gasteiger partial charge in [0.2, 0.25) is 10.8 Å². The number of thioether (sulfide) groups is 1. The van der Waals surface area contributed by atoms with Crippen molar-refractivity contribution in [3.8, 4) is 11.5 Å². The summed E-state index contributed by atoms with van der Waals surface area (Å²) in [5.74, 6) is 1.53. The fraction of sp³-hybridized carbons (Fsp3) is 0.235. The molecule has 2 atom stereocenters. The quantitative estimate of drug-likeness (QED) is 0.271. The van der Waals surface area contributed by atoms with Gasteiger partial charge in [0.05, 0.1) is 11.4 Å². The van der Waals surface area contributed by atoms with Gasteiger partial charge in [-0.3, -0.25) is 14.5 Å². The van der Waals surface area contributed by atoms with E-state index < -0.39 is 10.4 Å². The Morgan fingerprint density at radius 2 is 1.32 bits per heavy atom. The number of hydrogen-bond donors (Lipinski definition) is 0. The van der Waals surface area contributed by atoms with Crippen LogP contribution in [-0.4, -0.2) is 23.1 Å². The van der Waals surface area contributed by atoms with Crippen LogP contribution in [0.4, 0.5) is 11.4 Å². The van der Waals surface area contributed by atoms with Crippen LogP contribution in [-0.2, 0) is 19.9 Å². The van der Waals surface area contributed by atoms with Crippen molar-refractivity contribution in [2.75, 3.05) is 15.6 Å². The number of benzene rings is 4. The van der Waals surface area contributed by atoms with Crippen molar-refractivity contribution in [1.82, 2.24) is 0 Å². The number of carbonyl (C=O) groups excluding carboxylic acids is 2. The van der Waals surface area contributed by atoms with Gasteiger partial charge in [0.15, 0.2) is 0 Å². The summed E-state index contributed by atoms with van der Waals surface area (Å²) in [7, 11) is 0. The van der Waals surface area contributed by atoms with E-state index in [0.717, 1.165) is 29.0 Å². The first-order valence-corrected chi connectivity index (χ1v) is 14.6. The van der Waals surface area contributed by atoms with Crippen molar-refractivity contribution in [2.24, 2.45) is 0 Å². The van der Waals surface area contributed by atoms with Crippen molar-refractivity contribution >= 4 is 35.0 Å². The fourth-order valence-electron chi connectivity index (χ4n) is 6.99. The maximum absolute atomic E-state index is 14.7. The third-order valence-electron chi connectivity index (χ3n) is 8.56. The normalized spacial score (nSPS) is 24.5. The van der Waals surface area contributed by atoms with Gasteiger partial charge in [0, 0.05) is 22.2 Å². The monoisotopic (exact) mass is 546 g/mol. The summed E-state index contributed by atoms with van der Waals surface area (Å²) in [6.07, 6.45) is 0.770. The highest BCUT2D eigenvalue weighted by Gasteiger charge is 2.65. The second kappa shape index (κ2) is 8.73. The molecule has 4 aromatic rings. The minimum Gasteiger partial charge on any atom is -0.457 e. The maximum Gasteiger partial charge on any atom is 0.269 e. The Kier molecular flexibility index (Phi) is 5.45. The number of rotatable bonds is 4. The molecule has 5 nitrogen and oxygen atoms in total. The lowest BCUT2D eigenvalue weighted by Gasteiger charge is -2.50. The molecule has 4 aromatic carbocycles. The lowest BCUT2D eigenvalue weighted by atomic mass is 9.65. The van der Waals surface area contributed by atoms with E-state index in [4.69, 9.17) is 4.74 Å². The minimum absolute atomic E-state index is 0.0458. The Bertz CT molecular complexity index is 1640. The van der Waals surface area contributed by atoms with E-state index in [1.54, 1.807) is 4.90 Å². The predicted octanol–water partition coefficient (Wildman–Crippen LogP) is 7.25. The largest absolute Gasteiger partial charge is 0.457 e. The van der Waals surface area contributed by atoms with Crippen LogP contribution in [0.5, 0.6) is 11.5 Å². The van der Waals surface area contributed by atoms with Gasteiger partial charge in [0.25, 0.3) is 5.91 Å².